The summed E-state index contributed by atoms with van der Waals surface area (Å²) in [5.74, 6) is 2.22. The Hall–Kier alpha value is -2.56. The standard InChI is InChI=1S/C16H18N4O/c1-3-8-20-14-5-4-12(21-2)10-13(14)19-16(20)11-6-7-18-15(17)9-11/h4-7,9-10H,3,8H2,1-2H3,(H2,17,18). The lowest BCUT2D eigenvalue weighted by Crippen LogP contribution is -2.00. The quantitative estimate of drug-likeness (QED) is 0.798. The highest BCUT2D eigenvalue weighted by Gasteiger charge is 2.13. The van der Waals surface area contributed by atoms with E-state index in [0.29, 0.717) is 5.82 Å². The number of aromatic nitrogens is 3. The molecule has 0 radical (unpaired) electrons. The molecule has 5 heteroatoms. The van der Waals surface area contributed by atoms with Gasteiger partial charge in [-0.25, -0.2) is 9.97 Å². The van der Waals surface area contributed by atoms with Crippen molar-refractivity contribution in [1.29, 1.82) is 0 Å². The minimum absolute atomic E-state index is 0.500. The van der Waals surface area contributed by atoms with Crippen molar-refractivity contribution in [1.82, 2.24) is 14.5 Å². The van der Waals surface area contributed by atoms with Crippen LogP contribution in [0.15, 0.2) is 36.5 Å². The molecule has 2 heterocycles. The number of rotatable bonds is 4. The van der Waals surface area contributed by atoms with Gasteiger partial charge in [0, 0.05) is 24.4 Å². The van der Waals surface area contributed by atoms with Gasteiger partial charge >= 0.3 is 0 Å². The van der Waals surface area contributed by atoms with Gasteiger partial charge in [0.25, 0.3) is 0 Å². The molecule has 0 bridgehead atoms. The number of methoxy groups -OCH3 is 1. The lowest BCUT2D eigenvalue weighted by molar-refractivity contribution is 0.415. The molecule has 0 aliphatic rings. The average Bonchev–Trinajstić information content (AvgIpc) is 2.85. The molecular weight excluding hydrogens is 264 g/mol. The Morgan fingerprint density at radius 1 is 1.24 bits per heavy atom. The number of hydrogen-bond donors (Lipinski definition) is 1. The fourth-order valence-corrected chi connectivity index (χ4v) is 2.49. The zero-order chi connectivity index (χ0) is 14.8. The molecule has 21 heavy (non-hydrogen) atoms. The van der Waals surface area contributed by atoms with Crippen molar-refractivity contribution in [3.05, 3.63) is 36.5 Å². The Bertz CT molecular complexity index is 779. The third-order valence-electron chi connectivity index (χ3n) is 3.44. The topological polar surface area (TPSA) is 66.0 Å². The van der Waals surface area contributed by atoms with E-state index < -0.39 is 0 Å². The maximum atomic E-state index is 5.79. The van der Waals surface area contributed by atoms with Gasteiger partial charge in [-0.1, -0.05) is 6.92 Å². The first-order valence-electron chi connectivity index (χ1n) is 6.99. The number of nitrogen functional groups attached to an aromatic ring is 1. The van der Waals surface area contributed by atoms with Gasteiger partial charge in [-0.05, 0) is 30.7 Å². The van der Waals surface area contributed by atoms with Crippen LogP contribution < -0.4 is 10.5 Å². The second-order valence-electron chi connectivity index (χ2n) is 4.91. The number of imidazole rings is 1. The minimum Gasteiger partial charge on any atom is -0.497 e. The summed E-state index contributed by atoms with van der Waals surface area (Å²) in [5, 5.41) is 0. The van der Waals surface area contributed by atoms with E-state index in [1.54, 1.807) is 13.3 Å². The summed E-state index contributed by atoms with van der Waals surface area (Å²) in [5.41, 5.74) is 8.79. The smallest absolute Gasteiger partial charge is 0.141 e. The number of fused-ring (bicyclic) bond motifs is 1. The number of nitrogens with zero attached hydrogens (tertiary/aromatic N) is 3. The van der Waals surface area contributed by atoms with Crippen LogP contribution in [-0.2, 0) is 6.54 Å². The van der Waals surface area contributed by atoms with Crippen molar-refractivity contribution >= 4 is 16.9 Å². The molecule has 108 valence electrons. The second kappa shape index (κ2) is 5.44. The van der Waals surface area contributed by atoms with Crippen molar-refractivity contribution in [2.45, 2.75) is 19.9 Å². The lowest BCUT2D eigenvalue weighted by atomic mass is 10.2. The van der Waals surface area contributed by atoms with Gasteiger partial charge in [0.1, 0.15) is 17.4 Å². The summed E-state index contributed by atoms with van der Waals surface area (Å²) < 4.78 is 7.49. The number of nitrogens with two attached hydrogens (primary N) is 1. The number of benzene rings is 1. The lowest BCUT2D eigenvalue weighted by Gasteiger charge is -2.08. The fourth-order valence-electron chi connectivity index (χ4n) is 2.49. The summed E-state index contributed by atoms with van der Waals surface area (Å²) in [4.78, 5) is 8.79. The maximum Gasteiger partial charge on any atom is 0.141 e. The molecule has 3 rings (SSSR count). The van der Waals surface area contributed by atoms with Crippen LogP contribution in [0.1, 0.15) is 13.3 Å². The first-order valence-corrected chi connectivity index (χ1v) is 6.99. The zero-order valence-electron chi connectivity index (χ0n) is 12.2. The van der Waals surface area contributed by atoms with E-state index in [4.69, 9.17) is 15.5 Å². The van der Waals surface area contributed by atoms with Crippen LogP contribution in [0.3, 0.4) is 0 Å². The predicted molar refractivity (Wildman–Crippen MR) is 84.2 cm³/mol. The molecule has 1 aromatic carbocycles. The second-order valence-corrected chi connectivity index (χ2v) is 4.91. The fraction of sp³-hybridized carbons (Fsp3) is 0.250. The number of ether oxygens (including phenoxy) is 1. The highest BCUT2D eigenvalue weighted by Crippen LogP contribution is 2.28. The molecule has 0 aliphatic heterocycles. The van der Waals surface area contributed by atoms with Gasteiger partial charge in [-0.15, -0.1) is 0 Å². The zero-order valence-corrected chi connectivity index (χ0v) is 12.2. The van der Waals surface area contributed by atoms with E-state index in [1.807, 2.05) is 30.3 Å². The monoisotopic (exact) mass is 282 g/mol. The van der Waals surface area contributed by atoms with Crippen LogP contribution >= 0.6 is 0 Å². The Labute approximate surface area is 123 Å². The van der Waals surface area contributed by atoms with Crippen LogP contribution in [0.25, 0.3) is 22.4 Å². The molecule has 0 saturated heterocycles. The molecule has 0 amide bonds. The highest BCUT2D eigenvalue weighted by atomic mass is 16.5. The molecule has 0 atom stereocenters. The van der Waals surface area contributed by atoms with Gasteiger partial charge in [-0.2, -0.15) is 0 Å². The highest BCUT2D eigenvalue weighted by molar-refractivity contribution is 5.82. The van der Waals surface area contributed by atoms with E-state index in [0.717, 1.165) is 41.1 Å². The van der Waals surface area contributed by atoms with Gasteiger partial charge in [0.05, 0.1) is 18.1 Å². The molecule has 3 aromatic rings. The third-order valence-corrected chi connectivity index (χ3v) is 3.44. The summed E-state index contributed by atoms with van der Waals surface area (Å²) in [6.45, 7) is 3.06. The van der Waals surface area contributed by atoms with Crippen molar-refractivity contribution in [3.8, 4) is 17.1 Å². The van der Waals surface area contributed by atoms with Crippen molar-refractivity contribution in [3.63, 3.8) is 0 Å². The van der Waals surface area contributed by atoms with E-state index in [2.05, 4.69) is 16.5 Å². The van der Waals surface area contributed by atoms with Crippen LogP contribution in [-0.4, -0.2) is 21.6 Å². The Kier molecular flexibility index (Phi) is 3.48. The normalized spacial score (nSPS) is 11.0. The molecule has 0 spiro atoms. The van der Waals surface area contributed by atoms with Crippen LogP contribution in [0.5, 0.6) is 5.75 Å². The number of anilines is 1. The first kappa shape index (κ1) is 13.4. The van der Waals surface area contributed by atoms with E-state index >= 15 is 0 Å². The van der Waals surface area contributed by atoms with Crippen LogP contribution in [0.2, 0.25) is 0 Å². The largest absolute Gasteiger partial charge is 0.497 e. The SMILES string of the molecule is CCCn1c(-c2ccnc(N)c2)nc2cc(OC)ccc21. The van der Waals surface area contributed by atoms with Gasteiger partial charge in [-0.3, -0.25) is 0 Å². The third kappa shape index (κ3) is 2.42. The number of pyridine rings is 1. The Morgan fingerprint density at radius 3 is 2.81 bits per heavy atom. The summed E-state index contributed by atoms with van der Waals surface area (Å²) in [7, 11) is 1.66. The molecule has 0 aliphatic carbocycles. The van der Waals surface area contributed by atoms with Gasteiger partial charge < -0.3 is 15.0 Å². The Morgan fingerprint density at radius 2 is 2.10 bits per heavy atom. The van der Waals surface area contributed by atoms with Gasteiger partial charge in [0.15, 0.2) is 0 Å². The first-order chi connectivity index (χ1) is 10.2. The van der Waals surface area contributed by atoms with Crippen molar-refractivity contribution < 1.29 is 4.74 Å². The van der Waals surface area contributed by atoms with E-state index in [1.165, 1.54) is 0 Å². The van der Waals surface area contributed by atoms with Crippen molar-refractivity contribution in [2.24, 2.45) is 0 Å². The van der Waals surface area contributed by atoms with Crippen LogP contribution in [0, 0.1) is 0 Å². The predicted octanol–water partition coefficient (Wildman–Crippen LogP) is 3.10. The van der Waals surface area contributed by atoms with E-state index in [9.17, 15) is 0 Å². The number of aryl methyl sites for hydroxylation is 1. The Balaban J connectivity index is 2.23. The summed E-state index contributed by atoms with van der Waals surface area (Å²) in [6, 6.07) is 9.74. The molecule has 0 unspecified atom stereocenters. The van der Waals surface area contributed by atoms with E-state index in [-0.39, 0.29) is 0 Å². The minimum atomic E-state index is 0.500. The van der Waals surface area contributed by atoms with Crippen LogP contribution in [0.4, 0.5) is 5.82 Å². The maximum absolute atomic E-state index is 5.79. The number of hydrogen-bond acceptors (Lipinski definition) is 4. The average molecular weight is 282 g/mol. The molecule has 2 aromatic heterocycles. The summed E-state index contributed by atoms with van der Waals surface area (Å²) in [6.07, 6.45) is 2.74. The molecule has 0 fully saturated rings. The van der Waals surface area contributed by atoms with Crippen molar-refractivity contribution in [2.75, 3.05) is 12.8 Å². The molecule has 5 nitrogen and oxygen atoms in total. The van der Waals surface area contributed by atoms with Gasteiger partial charge in [0.2, 0.25) is 0 Å². The molecule has 2 N–H and O–H groups in total. The molecule has 0 saturated carbocycles. The summed E-state index contributed by atoms with van der Waals surface area (Å²) >= 11 is 0. The molecular formula is C16H18N4O.